The number of rotatable bonds is 4. The molecule has 10 nitrogen and oxygen atoms in total. The minimum atomic E-state index is -0.486. The molecule has 0 radical (unpaired) electrons. The first-order valence-electron chi connectivity index (χ1n) is 6.84. The van der Waals surface area contributed by atoms with E-state index in [0.29, 0.717) is 10.3 Å². The molecule has 1 N–H and O–H groups in total. The lowest BCUT2D eigenvalue weighted by Gasteiger charge is -1.95. The Hall–Kier alpha value is -3.60. The number of amides is 1. The number of hydrogen-bond donors (Lipinski definition) is 1. The van der Waals surface area contributed by atoms with Gasteiger partial charge in [0.05, 0.1) is 16.0 Å². The number of non-ortho nitro benzene ring substituents is 1. The molecule has 3 heterocycles. The largest absolute Gasteiger partial charge is 0.400 e. The van der Waals surface area contributed by atoms with E-state index in [4.69, 9.17) is 8.94 Å². The number of nitrogens with zero attached hydrogens (tertiary/aromatic N) is 4. The van der Waals surface area contributed by atoms with Gasteiger partial charge in [0.25, 0.3) is 17.5 Å². The van der Waals surface area contributed by atoms with Crippen LogP contribution in [0, 0.1) is 10.1 Å². The highest BCUT2D eigenvalue weighted by atomic mass is 32.1. The molecule has 0 unspecified atom stereocenters. The minimum absolute atomic E-state index is 0.0362. The normalized spacial score (nSPS) is 10.9. The van der Waals surface area contributed by atoms with E-state index in [1.807, 2.05) is 0 Å². The van der Waals surface area contributed by atoms with Crippen molar-refractivity contribution >= 4 is 39.0 Å². The molecule has 0 fully saturated rings. The zero-order chi connectivity index (χ0) is 17.4. The van der Waals surface area contributed by atoms with E-state index in [0.717, 1.165) is 4.70 Å². The summed E-state index contributed by atoms with van der Waals surface area (Å²) in [7, 11) is 0. The summed E-state index contributed by atoms with van der Waals surface area (Å²) >= 11 is 1.20. The number of nitro benzene ring substituents is 1. The summed E-state index contributed by atoms with van der Waals surface area (Å²) in [5.74, 6) is -0.0986. The second kappa shape index (κ2) is 5.79. The number of nitro groups is 1. The zero-order valence-corrected chi connectivity index (χ0v) is 13.0. The fourth-order valence-corrected chi connectivity index (χ4v) is 3.05. The van der Waals surface area contributed by atoms with Gasteiger partial charge in [-0.25, -0.2) is 0 Å². The van der Waals surface area contributed by atoms with E-state index in [9.17, 15) is 14.9 Å². The standard InChI is InChI=1S/C14H7N5O5S/c20-12(16-14-18-17-13(23-14)9-3-4-15-24-9)11-6-7-5-8(19(21)22)1-2-10(7)25-11/h1-6H,(H,16,18,20). The van der Waals surface area contributed by atoms with E-state index >= 15 is 0 Å². The van der Waals surface area contributed by atoms with Gasteiger partial charge in [0, 0.05) is 28.3 Å². The molecule has 3 aromatic heterocycles. The van der Waals surface area contributed by atoms with E-state index < -0.39 is 10.8 Å². The van der Waals surface area contributed by atoms with Crippen molar-refractivity contribution in [2.45, 2.75) is 0 Å². The van der Waals surface area contributed by atoms with Gasteiger partial charge >= 0.3 is 6.01 Å². The van der Waals surface area contributed by atoms with Crippen LogP contribution in [0.2, 0.25) is 0 Å². The number of aromatic nitrogens is 3. The number of thiophene rings is 1. The summed E-state index contributed by atoms with van der Waals surface area (Å²) < 4.78 is 10.9. The fourth-order valence-electron chi connectivity index (χ4n) is 2.11. The van der Waals surface area contributed by atoms with Gasteiger partial charge in [0.15, 0.2) is 0 Å². The summed E-state index contributed by atoms with van der Waals surface area (Å²) in [6.45, 7) is 0. The molecule has 0 bridgehead atoms. The third-order valence-electron chi connectivity index (χ3n) is 3.23. The molecule has 0 saturated carbocycles. The van der Waals surface area contributed by atoms with Gasteiger partial charge < -0.3 is 8.94 Å². The van der Waals surface area contributed by atoms with Crippen molar-refractivity contribution < 1.29 is 18.7 Å². The van der Waals surface area contributed by atoms with Gasteiger partial charge in [-0.2, -0.15) is 0 Å². The van der Waals surface area contributed by atoms with Gasteiger partial charge in [-0.05, 0) is 12.1 Å². The van der Waals surface area contributed by atoms with Gasteiger partial charge in [-0.15, -0.1) is 16.4 Å². The summed E-state index contributed by atoms with van der Waals surface area (Å²) in [4.78, 5) is 23.0. The third-order valence-corrected chi connectivity index (χ3v) is 4.34. The first-order valence-corrected chi connectivity index (χ1v) is 7.66. The minimum Gasteiger partial charge on any atom is -0.400 e. The van der Waals surface area contributed by atoms with Crippen LogP contribution in [-0.4, -0.2) is 26.2 Å². The number of hydrogen-bond acceptors (Lipinski definition) is 9. The summed E-state index contributed by atoms with van der Waals surface area (Å²) in [5.41, 5.74) is -0.0362. The van der Waals surface area contributed by atoms with Crippen molar-refractivity contribution in [3.8, 4) is 11.7 Å². The molecule has 124 valence electrons. The quantitative estimate of drug-likeness (QED) is 0.434. The van der Waals surface area contributed by atoms with Gasteiger partial charge in [0.1, 0.15) is 0 Å². The summed E-state index contributed by atoms with van der Waals surface area (Å²) in [6.07, 6.45) is 1.42. The Morgan fingerprint density at radius 3 is 2.88 bits per heavy atom. The predicted octanol–water partition coefficient (Wildman–Crippen LogP) is 3.10. The lowest BCUT2D eigenvalue weighted by molar-refractivity contribution is -0.384. The maximum absolute atomic E-state index is 12.3. The molecule has 0 saturated heterocycles. The highest BCUT2D eigenvalue weighted by Crippen LogP contribution is 2.29. The van der Waals surface area contributed by atoms with Crippen molar-refractivity contribution in [3.05, 3.63) is 51.5 Å². The van der Waals surface area contributed by atoms with E-state index in [2.05, 4.69) is 20.7 Å². The molecule has 4 aromatic rings. The van der Waals surface area contributed by atoms with Crippen LogP contribution >= 0.6 is 11.3 Å². The van der Waals surface area contributed by atoms with E-state index in [1.165, 1.54) is 35.7 Å². The predicted molar refractivity (Wildman–Crippen MR) is 86.2 cm³/mol. The Balaban J connectivity index is 1.56. The lowest BCUT2D eigenvalue weighted by atomic mass is 10.2. The number of benzene rings is 1. The molecule has 4 rings (SSSR count). The van der Waals surface area contributed by atoms with Gasteiger partial charge in [-0.3, -0.25) is 20.2 Å². The molecule has 0 aliphatic carbocycles. The molecule has 0 aliphatic rings. The van der Waals surface area contributed by atoms with E-state index in [-0.39, 0.29) is 23.4 Å². The number of carbonyl (C=O) groups excluding carboxylic acids is 1. The second-order valence-corrected chi connectivity index (χ2v) is 5.92. The van der Waals surface area contributed by atoms with Gasteiger partial charge in [-0.1, -0.05) is 10.3 Å². The van der Waals surface area contributed by atoms with Crippen LogP contribution < -0.4 is 5.32 Å². The molecular formula is C14H7N5O5S. The van der Waals surface area contributed by atoms with Crippen molar-refractivity contribution in [1.82, 2.24) is 15.4 Å². The van der Waals surface area contributed by atoms with Crippen LogP contribution in [0.1, 0.15) is 9.67 Å². The summed E-state index contributed by atoms with van der Waals surface area (Å²) in [5, 5.41) is 24.9. The Bertz CT molecular complexity index is 1080. The van der Waals surface area contributed by atoms with Crippen LogP contribution in [0.5, 0.6) is 0 Å². The average molecular weight is 357 g/mol. The fraction of sp³-hybridized carbons (Fsp3) is 0. The molecular weight excluding hydrogens is 350 g/mol. The number of nitrogens with one attached hydrogen (secondary N) is 1. The maximum Gasteiger partial charge on any atom is 0.322 e. The number of carbonyl (C=O) groups is 1. The topological polar surface area (TPSA) is 137 Å². The van der Waals surface area contributed by atoms with Crippen LogP contribution in [0.3, 0.4) is 0 Å². The molecule has 25 heavy (non-hydrogen) atoms. The maximum atomic E-state index is 12.3. The molecule has 1 amide bonds. The molecule has 1 aromatic carbocycles. The van der Waals surface area contributed by atoms with Crippen LogP contribution in [-0.2, 0) is 0 Å². The third kappa shape index (κ3) is 2.83. The SMILES string of the molecule is O=C(Nc1nnc(-c2ccno2)o1)c1cc2cc([N+](=O)[O-])ccc2s1. The second-order valence-electron chi connectivity index (χ2n) is 4.83. The summed E-state index contributed by atoms with van der Waals surface area (Å²) in [6, 6.07) is 7.41. The van der Waals surface area contributed by atoms with Crippen molar-refractivity contribution in [2.24, 2.45) is 0 Å². The first kappa shape index (κ1) is 15.0. The highest BCUT2D eigenvalue weighted by molar-refractivity contribution is 7.20. The number of anilines is 1. The average Bonchev–Trinajstić information content (AvgIpc) is 3.33. The highest BCUT2D eigenvalue weighted by Gasteiger charge is 2.17. The number of fused-ring (bicyclic) bond motifs is 1. The Morgan fingerprint density at radius 1 is 1.24 bits per heavy atom. The van der Waals surface area contributed by atoms with Gasteiger partial charge in [0.2, 0.25) is 5.76 Å². The smallest absolute Gasteiger partial charge is 0.322 e. The van der Waals surface area contributed by atoms with Crippen molar-refractivity contribution in [1.29, 1.82) is 0 Å². The van der Waals surface area contributed by atoms with Crippen LogP contribution in [0.4, 0.5) is 11.7 Å². The Morgan fingerprint density at radius 2 is 2.12 bits per heavy atom. The molecule has 0 spiro atoms. The zero-order valence-electron chi connectivity index (χ0n) is 12.2. The Labute approximate surface area is 142 Å². The first-order chi connectivity index (χ1) is 12.1. The van der Waals surface area contributed by atoms with Crippen LogP contribution in [0.25, 0.3) is 21.7 Å². The Kier molecular flexibility index (Phi) is 3.47. The lowest BCUT2D eigenvalue weighted by Crippen LogP contribution is -2.10. The molecule has 11 heteroatoms. The van der Waals surface area contributed by atoms with Crippen molar-refractivity contribution in [3.63, 3.8) is 0 Å². The van der Waals surface area contributed by atoms with Crippen molar-refractivity contribution in [2.75, 3.05) is 5.32 Å². The van der Waals surface area contributed by atoms with Crippen LogP contribution in [0.15, 0.2) is 45.5 Å². The van der Waals surface area contributed by atoms with E-state index in [1.54, 1.807) is 12.1 Å². The monoisotopic (exact) mass is 357 g/mol. The molecule has 0 atom stereocenters. The molecule has 0 aliphatic heterocycles.